The second kappa shape index (κ2) is 6.14. The summed E-state index contributed by atoms with van der Waals surface area (Å²) in [7, 11) is 1.37. The van der Waals surface area contributed by atoms with Gasteiger partial charge in [0.25, 0.3) is 5.91 Å². The van der Waals surface area contributed by atoms with Crippen molar-refractivity contribution in [3.8, 4) is 0 Å². The highest BCUT2D eigenvalue weighted by Crippen LogP contribution is 2.21. The van der Waals surface area contributed by atoms with Crippen LogP contribution in [-0.2, 0) is 9.53 Å². The van der Waals surface area contributed by atoms with Crippen LogP contribution in [0.25, 0.3) is 0 Å². The van der Waals surface area contributed by atoms with E-state index in [1.165, 1.54) is 7.11 Å². The number of carbonyl (C=O) groups excluding carboxylic acids is 2. The van der Waals surface area contributed by atoms with Gasteiger partial charge in [-0.05, 0) is 40.9 Å². The van der Waals surface area contributed by atoms with Crippen molar-refractivity contribution in [3.05, 3.63) is 28.5 Å². The van der Waals surface area contributed by atoms with Crippen LogP contribution in [0, 0.1) is 5.92 Å². The maximum atomic E-state index is 12.4. The Morgan fingerprint density at radius 2 is 2.32 bits per heavy atom. The lowest BCUT2D eigenvalue weighted by molar-refractivity contribution is -0.146. The molecule has 1 fully saturated rings. The zero-order valence-electron chi connectivity index (χ0n) is 10.6. The molecule has 1 unspecified atom stereocenters. The van der Waals surface area contributed by atoms with Crippen molar-refractivity contribution in [3.63, 3.8) is 0 Å². The van der Waals surface area contributed by atoms with Crippen LogP contribution in [0.1, 0.15) is 23.3 Å². The lowest BCUT2D eigenvalue weighted by Crippen LogP contribution is -2.43. The lowest BCUT2D eigenvalue weighted by atomic mass is 9.98. The van der Waals surface area contributed by atoms with Gasteiger partial charge in [0.15, 0.2) is 0 Å². The van der Waals surface area contributed by atoms with Gasteiger partial charge >= 0.3 is 5.97 Å². The maximum absolute atomic E-state index is 12.4. The number of hydrogen-bond donors (Lipinski definition) is 0. The molecule has 0 aromatic carbocycles. The van der Waals surface area contributed by atoms with Gasteiger partial charge in [0.05, 0.1) is 13.0 Å². The standard InChI is InChI=1S/C13H15BrN2O3/c1-19-13(18)9-4-3-7-16(8-9)12(17)11-10(14)5-2-6-15-11/h2,5-6,9H,3-4,7-8H2,1H3. The minimum atomic E-state index is -0.252. The van der Waals surface area contributed by atoms with E-state index in [1.807, 2.05) is 0 Å². The summed E-state index contributed by atoms with van der Waals surface area (Å²) in [5, 5.41) is 0. The van der Waals surface area contributed by atoms with Gasteiger partial charge in [-0.15, -0.1) is 0 Å². The van der Waals surface area contributed by atoms with E-state index in [9.17, 15) is 9.59 Å². The first-order chi connectivity index (χ1) is 9.13. The third-order valence-electron chi connectivity index (χ3n) is 3.20. The molecule has 0 radical (unpaired) electrons. The number of carbonyl (C=O) groups is 2. The predicted octanol–water partition coefficient (Wildman–Crippen LogP) is 1.87. The van der Waals surface area contributed by atoms with Crippen LogP contribution >= 0.6 is 15.9 Å². The van der Waals surface area contributed by atoms with Crippen LogP contribution in [0.15, 0.2) is 22.8 Å². The average Bonchev–Trinajstić information content (AvgIpc) is 2.46. The van der Waals surface area contributed by atoms with Crippen molar-refractivity contribution >= 4 is 27.8 Å². The minimum Gasteiger partial charge on any atom is -0.469 e. The molecule has 0 aliphatic carbocycles. The minimum absolute atomic E-state index is 0.152. The SMILES string of the molecule is COC(=O)C1CCCN(C(=O)c2ncccc2Br)C1. The van der Waals surface area contributed by atoms with Crippen LogP contribution in [0.5, 0.6) is 0 Å². The first-order valence-electron chi connectivity index (χ1n) is 6.11. The van der Waals surface area contributed by atoms with Crippen LogP contribution in [-0.4, -0.2) is 42.0 Å². The molecular formula is C13H15BrN2O3. The Balaban J connectivity index is 2.11. The second-order valence-electron chi connectivity index (χ2n) is 4.45. The predicted molar refractivity (Wildman–Crippen MR) is 72.6 cm³/mol. The Bertz CT molecular complexity index is 493. The quantitative estimate of drug-likeness (QED) is 0.778. The molecule has 1 amide bonds. The molecule has 1 aromatic heterocycles. The molecule has 0 bridgehead atoms. The van der Waals surface area contributed by atoms with Crippen molar-refractivity contribution in [1.29, 1.82) is 0 Å². The highest BCUT2D eigenvalue weighted by atomic mass is 79.9. The summed E-state index contributed by atoms with van der Waals surface area (Å²) in [5.74, 6) is -0.635. The number of ether oxygens (including phenoxy) is 1. The smallest absolute Gasteiger partial charge is 0.310 e. The van der Waals surface area contributed by atoms with E-state index in [0.717, 1.165) is 12.8 Å². The molecule has 1 aliphatic heterocycles. The Kier molecular flexibility index (Phi) is 4.52. The number of hydrogen-bond acceptors (Lipinski definition) is 4. The van der Waals surface area contributed by atoms with Crippen LogP contribution in [0.2, 0.25) is 0 Å². The van der Waals surface area contributed by atoms with Crippen LogP contribution in [0.4, 0.5) is 0 Å². The number of rotatable bonds is 2. The number of piperidine rings is 1. The summed E-state index contributed by atoms with van der Waals surface area (Å²) < 4.78 is 5.41. The third kappa shape index (κ3) is 3.12. The third-order valence-corrected chi connectivity index (χ3v) is 3.84. The first-order valence-corrected chi connectivity index (χ1v) is 6.90. The number of halogens is 1. The van der Waals surface area contributed by atoms with Crippen molar-refractivity contribution < 1.29 is 14.3 Å². The summed E-state index contributed by atoms with van der Waals surface area (Å²) in [4.78, 5) is 29.7. The summed E-state index contributed by atoms with van der Waals surface area (Å²) in [6, 6.07) is 3.54. The topological polar surface area (TPSA) is 59.5 Å². The van der Waals surface area contributed by atoms with E-state index < -0.39 is 0 Å². The monoisotopic (exact) mass is 326 g/mol. The first kappa shape index (κ1) is 14.0. The summed E-state index contributed by atoms with van der Waals surface area (Å²) in [5.41, 5.74) is 0.382. The van der Waals surface area contributed by atoms with E-state index >= 15 is 0 Å². The number of esters is 1. The van der Waals surface area contributed by atoms with E-state index in [1.54, 1.807) is 23.2 Å². The average molecular weight is 327 g/mol. The van der Waals surface area contributed by atoms with Gasteiger partial charge in [-0.25, -0.2) is 4.98 Å². The van der Waals surface area contributed by atoms with Gasteiger partial charge in [-0.2, -0.15) is 0 Å². The zero-order chi connectivity index (χ0) is 13.8. The fourth-order valence-electron chi connectivity index (χ4n) is 2.21. The van der Waals surface area contributed by atoms with Crippen molar-refractivity contribution in [2.75, 3.05) is 20.2 Å². The van der Waals surface area contributed by atoms with Gasteiger partial charge in [0.1, 0.15) is 5.69 Å². The maximum Gasteiger partial charge on any atom is 0.310 e. The molecule has 1 saturated heterocycles. The van der Waals surface area contributed by atoms with Crippen molar-refractivity contribution in [2.24, 2.45) is 5.92 Å². The molecule has 0 spiro atoms. The highest BCUT2D eigenvalue weighted by molar-refractivity contribution is 9.10. The van der Waals surface area contributed by atoms with Crippen LogP contribution < -0.4 is 0 Å². The number of methoxy groups -OCH3 is 1. The van der Waals surface area contributed by atoms with E-state index in [0.29, 0.717) is 23.3 Å². The molecule has 1 atom stereocenters. The summed E-state index contributed by atoms with van der Waals surface area (Å²) in [6.07, 6.45) is 3.15. The fourth-order valence-corrected chi connectivity index (χ4v) is 2.64. The number of nitrogens with zero attached hydrogens (tertiary/aromatic N) is 2. The van der Waals surface area contributed by atoms with Gasteiger partial charge in [-0.3, -0.25) is 9.59 Å². The van der Waals surface area contributed by atoms with E-state index in [-0.39, 0.29) is 17.8 Å². The zero-order valence-corrected chi connectivity index (χ0v) is 12.2. The summed E-state index contributed by atoms with van der Waals surface area (Å²) in [6.45, 7) is 1.05. The number of likely N-dealkylation sites (tertiary alicyclic amines) is 1. The second-order valence-corrected chi connectivity index (χ2v) is 5.30. The number of aromatic nitrogens is 1. The molecular weight excluding hydrogens is 312 g/mol. The molecule has 0 saturated carbocycles. The molecule has 1 aliphatic rings. The molecule has 2 rings (SSSR count). The summed E-state index contributed by atoms with van der Waals surface area (Å²) >= 11 is 3.32. The van der Waals surface area contributed by atoms with E-state index in [4.69, 9.17) is 4.74 Å². The molecule has 102 valence electrons. The van der Waals surface area contributed by atoms with Gasteiger partial charge in [0.2, 0.25) is 0 Å². The Hall–Kier alpha value is -1.43. The largest absolute Gasteiger partial charge is 0.469 e. The molecule has 6 heteroatoms. The Labute approximate surface area is 120 Å². The normalized spacial score (nSPS) is 19.1. The lowest BCUT2D eigenvalue weighted by Gasteiger charge is -2.31. The van der Waals surface area contributed by atoms with Gasteiger partial charge in [-0.1, -0.05) is 0 Å². The molecule has 19 heavy (non-hydrogen) atoms. The highest BCUT2D eigenvalue weighted by Gasteiger charge is 2.30. The fraction of sp³-hybridized carbons (Fsp3) is 0.462. The van der Waals surface area contributed by atoms with Gasteiger partial charge in [0, 0.05) is 23.8 Å². The molecule has 5 nitrogen and oxygen atoms in total. The Morgan fingerprint density at radius 3 is 3.00 bits per heavy atom. The van der Waals surface area contributed by atoms with Gasteiger partial charge < -0.3 is 9.64 Å². The molecule has 0 N–H and O–H groups in total. The van der Waals surface area contributed by atoms with E-state index in [2.05, 4.69) is 20.9 Å². The van der Waals surface area contributed by atoms with Crippen LogP contribution in [0.3, 0.4) is 0 Å². The number of pyridine rings is 1. The molecule has 2 heterocycles. The Morgan fingerprint density at radius 1 is 1.53 bits per heavy atom. The van der Waals surface area contributed by atoms with Crippen molar-refractivity contribution in [1.82, 2.24) is 9.88 Å². The number of amides is 1. The molecule has 1 aromatic rings. The van der Waals surface area contributed by atoms with Crippen molar-refractivity contribution in [2.45, 2.75) is 12.8 Å².